The van der Waals surface area contributed by atoms with Gasteiger partial charge in [0.1, 0.15) is 5.69 Å². The maximum absolute atomic E-state index is 12.0. The number of aromatic nitrogens is 2. The normalized spacial score (nSPS) is 11.0. The van der Waals surface area contributed by atoms with Crippen molar-refractivity contribution >= 4 is 35.1 Å². The highest BCUT2D eigenvalue weighted by molar-refractivity contribution is 7.11. The second-order valence-corrected chi connectivity index (χ2v) is 6.22. The Balaban J connectivity index is 1.68. The highest BCUT2D eigenvalue weighted by Gasteiger charge is 2.10. The van der Waals surface area contributed by atoms with Gasteiger partial charge in [-0.2, -0.15) is 10.2 Å². The van der Waals surface area contributed by atoms with Gasteiger partial charge in [0.05, 0.1) is 11.9 Å². The lowest BCUT2D eigenvalue weighted by Crippen LogP contribution is -2.17. The van der Waals surface area contributed by atoms with Crippen molar-refractivity contribution in [2.45, 2.75) is 6.92 Å². The van der Waals surface area contributed by atoms with E-state index >= 15 is 0 Å². The number of hydrogen-bond donors (Lipinski definition) is 2. The summed E-state index contributed by atoms with van der Waals surface area (Å²) in [6.45, 7) is 1.99. The zero-order valence-corrected chi connectivity index (χ0v) is 13.8. The molecule has 1 aromatic carbocycles. The van der Waals surface area contributed by atoms with Crippen molar-refractivity contribution in [3.63, 3.8) is 0 Å². The zero-order valence-electron chi connectivity index (χ0n) is 12.2. The first-order valence-electron chi connectivity index (χ1n) is 6.82. The Bertz CT molecular complexity index is 851. The van der Waals surface area contributed by atoms with Crippen LogP contribution in [-0.4, -0.2) is 22.3 Å². The van der Waals surface area contributed by atoms with Gasteiger partial charge in [-0.05, 0) is 42.1 Å². The lowest BCUT2D eigenvalue weighted by molar-refractivity contribution is 0.0950. The van der Waals surface area contributed by atoms with Gasteiger partial charge in [0.2, 0.25) is 0 Å². The molecule has 116 valence electrons. The summed E-state index contributed by atoms with van der Waals surface area (Å²) in [6.07, 6.45) is 1.63. The van der Waals surface area contributed by atoms with Crippen molar-refractivity contribution in [1.82, 2.24) is 15.6 Å². The van der Waals surface area contributed by atoms with E-state index in [1.54, 1.807) is 35.8 Å². The lowest BCUT2D eigenvalue weighted by Gasteiger charge is -1.96. The fourth-order valence-corrected chi connectivity index (χ4v) is 2.85. The topological polar surface area (TPSA) is 70.1 Å². The van der Waals surface area contributed by atoms with Gasteiger partial charge < -0.3 is 0 Å². The molecule has 0 fully saturated rings. The Labute approximate surface area is 142 Å². The standard InChI is InChI=1S/C16H13ClN4OS/c1-10-6-7-23-15(10)9-18-21-16(22)14-8-13(19-20-14)11-2-4-12(17)5-3-11/h2-9H,1H3,(H,19,20)(H,21,22). The average Bonchev–Trinajstić information content (AvgIpc) is 3.18. The van der Waals surface area contributed by atoms with Gasteiger partial charge in [-0.25, -0.2) is 5.43 Å². The van der Waals surface area contributed by atoms with E-state index in [0.717, 1.165) is 16.0 Å². The number of halogens is 1. The number of hydrazone groups is 1. The third kappa shape index (κ3) is 3.67. The van der Waals surface area contributed by atoms with E-state index in [9.17, 15) is 4.79 Å². The Morgan fingerprint density at radius 3 is 2.83 bits per heavy atom. The van der Waals surface area contributed by atoms with Gasteiger partial charge in [-0.15, -0.1) is 11.3 Å². The molecule has 1 amide bonds. The summed E-state index contributed by atoms with van der Waals surface area (Å²) in [4.78, 5) is 13.1. The minimum absolute atomic E-state index is 0.343. The van der Waals surface area contributed by atoms with Crippen LogP contribution in [-0.2, 0) is 0 Å². The largest absolute Gasteiger partial charge is 0.289 e. The maximum Gasteiger partial charge on any atom is 0.289 e. The van der Waals surface area contributed by atoms with Gasteiger partial charge in [0.25, 0.3) is 5.91 Å². The van der Waals surface area contributed by atoms with E-state index in [0.29, 0.717) is 16.4 Å². The number of thiophene rings is 1. The van der Waals surface area contributed by atoms with E-state index in [4.69, 9.17) is 11.6 Å². The molecular weight excluding hydrogens is 332 g/mol. The molecule has 7 heteroatoms. The molecule has 0 spiro atoms. The second-order valence-electron chi connectivity index (χ2n) is 4.84. The number of carbonyl (C=O) groups excluding carboxylic acids is 1. The molecule has 3 aromatic rings. The summed E-state index contributed by atoms with van der Waals surface area (Å²) < 4.78 is 0. The quantitative estimate of drug-likeness (QED) is 0.557. The molecule has 2 aromatic heterocycles. The SMILES string of the molecule is Cc1ccsc1C=NNC(=O)c1cc(-c2ccc(Cl)cc2)n[nH]1. The van der Waals surface area contributed by atoms with Crippen LogP contribution < -0.4 is 5.43 Å². The van der Waals surface area contributed by atoms with E-state index in [1.807, 2.05) is 30.5 Å². The van der Waals surface area contributed by atoms with E-state index < -0.39 is 0 Å². The first-order valence-corrected chi connectivity index (χ1v) is 8.08. The molecule has 0 radical (unpaired) electrons. The molecular formula is C16H13ClN4OS. The van der Waals surface area contributed by atoms with Gasteiger partial charge in [0.15, 0.2) is 0 Å². The summed E-state index contributed by atoms with van der Waals surface area (Å²) in [5.74, 6) is -0.344. The molecule has 0 saturated heterocycles. The van der Waals surface area contributed by atoms with Gasteiger partial charge in [-0.1, -0.05) is 23.7 Å². The van der Waals surface area contributed by atoms with Gasteiger partial charge >= 0.3 is 0 Å². The monoisotopic (exact) mass is 344 g/mol. The minimum atomic E-state index is -0.344. The molecule has 2 heterocycles. The summed E-state index contributed by atoms with van der Waals surface area (Å²) in [7, 11) is 0. The predicted molar refractivity (Wildman–Crippen MR) is 93.1 cm³/mol. The van der Waals surface area contributed by atoms with E-state index in [2.05, 4.69) is 20.7 Å². The number of aryl methyl sites for hydroxylation is 1. The number of nitrogens with zero attached hydrogens (tertiary/aromatic N) is 2. The van der Waals surface area contributed by atoms with Crippen LogP contribution in [0.15, 0.2) is 46.9 Å². The lowest BCUT2D eigenvalue weighted by atomic mass is 10.1. The second kappa shape index (κ2) is 6.76. The third-order valence-electron chi connectivity index (χ3n) is 3.21. The third-order valence-corrected chi connectivity index (χ3v) is 4.42. The number of nitrogens with one attached hydrogen (secondary N) is 2. The number of rotatable bonds is 4. The van der Waals surface area contributed by atoms with Crippen molar-refractivity contribution in [2.75, 3.05) is 0 Å². The molecule has 2 N–H and O–H groups in total. The average molecular weight is 345 g/mol. The molecule has 0 bridgehead atoms. The fourth-order valence-electron chi connectivity index (χ4n) is 1.93. The number of benzene rings is 1. The highest BCUT2D eigenvalue weighted by Crippen LogP contribution is 2.20. The molecule has 0 saturated carbocycles. The van der Waals surface area contributed by atoms with E-state index in [1.165, 1.54) is 0 Å². The number of hydrogen-bond acceptors (Lipinski definition) is 4. The number of aromatic amines is 1. The van der Waals surface area contributed by atoms with Crippen LogP contribution in [0.4, 0.5) is 0 Å². The Morgan fingerprint density at radius 1 is 1.35 bits per heavy atom. The molecule has 3 rings (SSSR count). The molecule has 0 aliphatic heterocycles. The summed E-state index contributed by atoms with van der Waals surface area (Å²) in [5, 5.41) is 13.4. The Hall–Kier alpha value is -2.44. The Morgan fingerprint density at radius 2 is 2.13 bits per heavy atom. The van der Waals surface area contributed by atoms with Crippen LogP contribution >= 0.6 is 22.9 Å². The zero-order chi connectivity index (χ0) is 16.2. The van der Waals surface area contributed by atoms with Crippen LogP contribution in [0.3, 0.4) is 0 Å². The van der Waals surface area contributed by atoms with Crippen LogP contribution in [0.2, 0.25) is 5.02 Å². The van der Waals surface area contributed by atoms with Crippen molar-refractivity contribution in [1.29, 1.82) is 0 Å². The number of amides is 1. The van der Waals surface area contributed by atoms with Crippen molar-refractivity contribution in [3.8, 4) is 11.3 Å². The van der Waals surface area contributed by atoms with Crippen LogP contribution in [0.1, 0.15) is 20.9 Å². The first kappa shape index (κ1) is 15.5. The number of H-pyrrole nitrogens is 1. The molecule has 0 unspecified atom stereocenters. The van der Waals surface area contributed by atoms with Crippen molar-refractivity contribution in [2.24, 2.45) is 5.10 Å². The van der Waals surface area contributed by atoms with Crippen LogP contribution in [0.25, 0.3) is 11.3 Å². The fraction of sp³-hybridized carbons (Fsp3) is 0.0625. The van der Waals surface area contributed by atoms with Crippen LogP contribution in [0.5, 0.6) is 0 Å². The first-order chi connectivity index (χ1) is 11.1. The van der Waals surface area contributed by atoms with Crippen molar-refractivity contribution in [3.05, 3.63) is 62.9 Å². The van der Waals surface area contributed by atoms with Gasteiger partial charge in [0, 0.05) is 15.5 Å². The van der Waals surface area contributed by atoms with E-state index in [-0.39, 0.29) is 5.91 Å². The smallest absolute Gasteiger partial charge is 0.272 e. The summed E-state index contributed by atoms with van der Waals surface area (Å²) >= 11 is 7.43. The molecule has 23 heavy (non-hydrogen) atoms. The predicted octanol–water partition coefficient (Wildman–Crippen LogP) is 3.86. The number of carbonyl (C=O) groups is 1. The van der Waals surface area contributed by atoms with Crippen LogP contribution in [0, 0.1) is 6.92 Å². The molecule has 0 aliphatic carbocycles. The molecule has 0 aliphatic rings. The van der Waals surface area contributed by atoms with Crippen molar-refractivity contribution < 1.29 is 4.79 Å². The highest BCUT2D eigenvalue weighted by atomic mass is 35.5. The summed E-state index contributed by atoms with van der Waals surface area (Å²) in [6, 6.07) is 10.9. The maximum atomic E-state index is 12.0. The molecule has 5 nitrogen and oxygen atoms in total. The Kier molecular flexibility index (Phi) is 4.55. The molecule has 0 atom stereocenters. The minimum Gasteiger partial charge on any atom is -0.272 e. The summed E-state index contributed by atoms with van der Waals surface area (Å²) in [5.41, 5.74) is 5.50. The van der Waals surface area contributed by atoms with Gasteiger partial charge in [-0.3, -0.25) is 9.89 Å².